The van der Waals surface area contributed by atoms with Crippen LogP contribution in [0, 0.1) is 11.3 Å². The van der Waals surface area contributed by atoms with Crippen molar-refractivity contribution in [3.05, 3.63) is 0 Å². The summed E-state index contributed by atoms with van der Waals surface area (Å²) >= 11 is 0. The van der Waals surface area contributed by atoms with Gasteiger partial charge in [0.25, 0.3) is 0 Å². The van der Waals surface area contributed by atoms with Gasteiger partial charge in [0.15, 0.2) is 0 Å². The molecule has 1 amide bonds. The van der Waals surface area contributed by atoms with Gasteiger partial charge in [0.05, 0.1) is 12.5 Å². The SMILES string of the molecule is CC.CCCC(=O)NCCC#N. The van der Waals surface area contributed by atoms with E-state index in [-0.39, 0.29) is 5.91 Å². The van der Waals surface area contributed by atoms with Crippen molar-refractivity contribution >= 4 is 5.91 Å². The number of nitrogens with zero attached hydrogens (tertiary/aromatic N) is 1. The van der Waals surface area contributed by atoms with Crippen molar-refractivity contribution in [2.45, 2.75) is 40.0 Å². The molecule has 0 aromatic heterocycles. The second kappa shape index (κ2) is 12.6. The molecule has 0 saturated carbocycles. The van der Waals surface area contributed by atoms with Crippen LogP contribution in [-0.4, -0.2) is 12.5 Å². The van der Waals surface area contributed by atoms with Crippen LogP contribution in [0.1, 0.15) is 40.0 Å². The fourth-order valence-corrected chi connectivity index (χ4v) is 0.573. The molecule has 0 unspecified atom stereocenters. The van der Waals surface area contributed by atoms with Crippen LogP contribution in [0.25, 0.3) is 0 Å². The van der Waals surface area contributed by atoms with Gasteiger partial charge >= 0.3 is 0 Å². The molecule has 0 fully saturated rings. The smallest absolute Gasteiger partial charge is 0.220 e. The normalized spacial score (nSPS) is 7.50. The number of nitrogens with one attached hydrogen (secondary N) is 1. The summed E-state index contributed by atoms with van der Waals surface area (Å²) in [5.41, 5.74) is 0. The molecule has 12 heavy (non-hydrogen) atoms. The molecule has 3 nitrogen and oxygen atoms in total. The summed E-state index contributed by atoms with van der Waals surface area (Å²) in [6.45, 7) is 6.43. The van der Waals surface area contributed by atoms with Gasteiger partial charge in [0.1, 0.15) is 0 Å². The van der Waals surface area contributed by atoms with E-state index in [4.69, 9.17) is 5.26 Å². The molecule has 0 bridgehead atoms. The number of carbonyl (C=O) groups excluding carboxylic acids is 1. The van der Waals surface area contributed by atoms with Gasteiger partial charge in [-0.3, -0.25) is 4.79 Å². The highest BCUT2D eigenvalue weighted by molar-refractivity contribution is 5.75. The van der Waals surface area contributed by atoms with Crippen LogP contribution in [0.2, 0.25) is 0 Å². The summed E-state index contributed by atoms with van der Waals surface area (Å²) in [6.07, 6.45) is 1.82. The summed E-state index contributed by atoms with van der Waals surface area (Å²) in [5, 5.41) is 10.7. The maximum Gasteiger partial charge on any atom is 0.220 e. The van der Waals surface area contributed by atoms with Crippen LogP contribution < -0.4 is 5.32 Å². The maximum absolute atomic E-state index is 10.7. The van der Waals surface area contributed by atoms with E-state index in [0.717, 1.165) is 6.42 Å². The molecule has 0 aliphatic heterocycles. The second-order valence-corrected chi connectivity index (χ2v) is 2.01. The lowest BCUT2D eigenvalue weighted by molar-refractivity contribution is -0.121. The first-order valence-corrected chi connectivity index (χ1v) is 4.45. The van der Waals surface area contributed by atoms with E-state index in [1.807, 2.05) is 26.8 Å². The van der Waals surface area contributed by atoms with E-state index in [1.54, 1.807) is 0 Å². The zero-order valence-electron chi connectivity index (χ0n) is 8.18. The number of amides is 1. The Morgan fingerprint density at radius 1 is 1.50 bits per heavy atom. The topological polar surface area (TPSA) is 52.9 Å². The van der Waals surface area contributed by atoms with E-state index in [1.165, 1.54) is 0 Å². The maximum atomic E-state index is 10.7. The highest BCUT2D eigenvalue weighted by Gasteiger charge is 1.95. The number of hydrogen-bond acceptors (Lipinski definition) is 2. The average Bonchev–Trinajstić information content (AvgIpc) is 2.09. The van der Waals surface area contributed by atoms with Gasteiger partial charge in [-0.25, -0.2) is 0 Å². The Bertz CT molecular complexity index is 138. The monoisotopic (exact) mass is 170 g/mol. The Kier molecular flexibility index (Phi) is 14.2. The minimum atomic E-state index is 0.0396. The van der Waals surface area contributed by atoms with Gasteiger partial charge in [0, 0.05) is 13.0 Å². The zero-order valence-corrected chi connectivity index (χ0v) is 8.18. The molecule has 0 radical (unpaired) electrons. The van der Waals surface area contributed by atoms with Gasteiger partial charge in [-0.1, -0.05) is 20.8 Å². The van der Waals surface area contributed by atoms with E-state index < -0.39 is 0 Å². The fourth-order valence-electron chi connectivity index (χ4n) is 0.573. The van der Waals surface area contributed by atoms with Gasteiger partial charge in [-0.05, 0) is 6.42 Å². The van der Waals surface area contributed by atoms with Crippen molar-refractivity contribution in [3.8, 4) is 6.07 Å². The molecule has 0 spiro atoms. The van der Waals surface area contributed by atoms with E-state index in [9.17, 15) is 4.79 Å². The zero-order chi connectivity index (χ0) is 9.82. The lowest BCUT2D eigenvalue weighted by Gasteiger charge is -1.98. The van der Waals surface area contributed by atoms with Gasteiger partial charge in [-0.15, -0.1) is 0 Å². The molecular formula is C9H18N2O. The summed E-state index contributed by atoms with van der Waals surface area (Å²) in [4.78, 5) is 10.7. The minimum Gasteiger partial charge on any atom is -0.355 e. The number of rotatable bonds is 4. The molecule has 70 valence electrons. The second-order valence-electron chi connectivity index (χ2n) is 2.01. The van der Waals surface area contributed by atoms with E-state index >= 15 is 0 Å². The van der Waals surface area contributed by atoms with Crippen molar-refractivity contribution in [2.75, 3.05) is 6.54 Å². The number of hydrogen-bond donors (Lipinski definition) is 1. The highest BCUT2D eigenvalue weighted by Crippen LogP contribution is 1.84. The van der Waals surface area contributed by atoms with Crippen LogP contribution in [0.4, 0.5) is 0 Å². The molecule has 1 N–H and O–H groups in total. The van der Waals surface area contributed by atoms with Gasteiger partial charge in [-0.2, -0.15) is 5.26 Å². The third kappa shape index (κ3) is 11.7. The lowest BCUT2D eigenvalue weighted by Crippen LogP contribution is -2.23. The summed E-state index contributed by atoms with van der Waals surface area (Å²) in [6, 6.07) is 1.95. The average molecular weight is 170 g/mol. The molecular weight excluding hydrogens is 152 g/mol. The van der Waals surface area contributed by atoms with Crippen molar-refractivity contribution in [2.24, 2.45) is 0 Å². The van der Waals surface area contributed by atoms with Crippen molar-refractivity contribution < 1.29 is 4.79 Å². The third-order valence-electron chi connectivity index (χ3n) is 1.04. The van der Waals surface area contributed by atoms with Crippen LogP contribution in [0.5, 0.6) is 0 Å². The van der Waals surface area contributed by atoms with E-state index in [2.05, 4.69) is 5.32 Å². The third-order valence-corrected chi connectivity index (χ3v) is 1.04. The van der Waals surface area contributed by atoms with Crippen LogP contribution >= 0.6 is 0 Å². The molecule has 0 heterocycles. The Hall–Kier alpha value is -1.04. The summed E-state index contributed by atoms with van der Waals surface area (Å²) in [7, 11) is 0. The Morgan fingerprint density at radius 2 is 2.08 bits per heavy atom. The van der Waals surface area contributed by atoms with Crippen molar-refractivity contribution in [1.29, 1.82) is 5.26 Å². The highest BCUT2D eigenvalue weighted by atomic mass is 16.1. The predicted molar refractivity (Wildman–Crippen MR) is 49.5 cm³/mol. The van der Waals surface area contributed by atoms with Crippen LogP contribution in [0.3, 0.4) is 0 Å². The first kappa shape index (κ1) is 13.5. The Labute approximate surface area is 74.8 Å². The molecule has 0 aromatic rings. The first-order chi connectivity index (χ1) is 5.81. The standard InChI is InChI=1S/C7H12N2O.C2H6/c1-2-4-7(10)9-6-3-5-8;1-2/h2-4,6H2,1H3,(H,9,10);1-2H3. The number of nitriles is 1. The molecule has 0 aromatic carbocycles. The van der Waals surface area contributed by atoms with E-state index in [0.29, 0.717) is 19.4 Å². The van der Waals surface area contributed by atoms with Crippen LogP contribution in [-0.2, 0) is 4.79 Å². The lowest BCUT2D eigenvalue weighted by atomic mass is 10.3. The quantitative estimate of drug-likeness (QED) is 0.654. The summed E-state index contributed by atoms with van der Waals surface area (Å²) < 4.78 is 0. The molecule has 0 aliphatic rings. The molecule has 0 aliphatic carbocycles. The minimum absolute atomic E-state index is 0.0396. The molecule has 0 atom stereocenters. The number of carbonyl (C=O) groups is 1. The van der Waals surface area contributed by atoms with Gasteiger partial charge in [0.2, 0.25) is 5.91 Å². The van der Waals surface area contributed by atoms with Crippen molar-refractivity contribution in [3.63, 3.8) is 0 Å². The van der Waals surface area contributed by atoms with Gasteiger partial charge < -0.3 is 5.32 Å². The fraction of sp³-hybridized carbons (Fsp3) is 0.778. The molecule has 0 saturated heterocycles. The Morgan fingerprint density at radius 3 is 2.50 bits per heavy atom. The largest absolute Gasteiger partial charge is 0.355 e. The molecule has 3 heteroatoms. The molecule has 0 rings (SSSR count). The first-order valence-electron chi connectivity index (χ1n) is 4.45. The van der Waals surface area contributed by atoms with Crippen molar-refractivity contribution in [1.82, 2.24) is 5.32 Å². The predicted octanol–water partition coefficient (Wildman–Crippen LogP) is 1.84. The van der Waals surface area contributed by atoms with Crippen LogP contribution in [0.15, 0.2) is 0 Å². The summed E-state index contributed by atoms with van der Waals surface area (Å²) in [5.74, 6) is 0.0396. The Balaban J connectivity index is 0.